The van der Waals surface area contributed by atoms with Crippen LogP contribution < -0.4 is 4.90 Å². The Morgan fingerprint density at radius 3 is 2.74 bits per heavy atom. The van der Waals surface area contributed by atoms with Gasteiger partial charge in [-0.3, -0.25) is 4.79 Å². The van der Waals surface area contributed by atoms with Crippen LogP contribution in [0.4, 0.5) is 5.82 Å². The monoisotopic (exact) mass is 323 g/mol. The second kappa shape index (κ2) is 5.33. The Bertz CT molecular complexity index is 476. The Kier molecular flexibility index (Phi) is 3.94. The van der Waals surface area contributed by atoms with Gasteiger partial charge in [-0.05, 0) is 39.7 Å². The number of hydrogen-bond donors (Lipinski definition) is 0. The van der Waals surface area contributed by atoms with Crippen molar-refractivity contribution in [1.82, 2.24) is 9.88 Å². The van der Waals surface area contributed by atoms with Crippen LogP contribution in [0.5, 0.6) is 0 Å². The minimum atomic E-state index is 0.115. The van der Waals surface area contributed by atoms with Crippen molar-refractivity contribution in [3.63, 3.8) is 0 Å². The predicted molar refractivity (Wildman–Crippen MR) is 79.8 cm³/mol. The van der Waals surface area contributed by atoms with Crippen LogP contribution in [0, 0.1) is 5.41 Å². The third-order valence-corrected chi connectivity index (χ3v) is 3.59. The molecule has 1 aliphatic heterocycles. The Morgan fingerprint density at radius 1 is 1.58 bits per heavy atom. The number of pyridine rings is 1. The van der Waals surface area contributed by atoms with Crippen molar-refractivity contribution in [3.05, 3.63) is 35.6 Å². The number of likely N-dealkylation sites (tertiary alicyclic amines) is 1. The second-order valence-electron chi connectivity index (χ2n) is 5.56. The van der Waals surface area contributed by atoms with Gasteiger partial charge in [0.05, 0.1) is 0 Å². The second-order valence-corrected chi connectivity index (χ2v) is 6.47. The number of anilines is 1. The van der Waals surface area contributed by atoms with E-state index in [2.05, 4.69) is 41.3 Å². The summed E-state index contributed by atoms with van der Waals surface area (Å²) in [6, 6.07) is 3.76. The summed E-state index contributed by atoms with van der Waals surface area (Å²) in [5.41, 5.74) is 0.254. The molecule has 0 unspecified atom stereocenters. The summed E-state index contributed by atoms with van der Waals surface area (Å²) >= 11 is 3.34. The van der Waals surface area contributed by atoms with E-state index >= 15 is 0 Å². The van der Waals surface area contributed by atoms with Crippen LogP contribution in [-0.2, 0) is 4.79 Å². The molecule has 0 bridgehead atoms. The van der Waals surface area contributed by atoms with Gasteiger partial charge >= 0.3 is 0 Å². The fourth-order valence-electron chi connectivity index (χ4n) is 2.19. The van der Waals surface area contributed by atoms with E-state index < -0.39 is 0 Å². The molecular formula is C14H18BrN3O. The van der Waals surface area contributed by atoms with Gasteiger partial charge in [0.2, 0.25) is 5.91 Å². The average Bonchev–Trinajstić information content (AvgIpc) is 2.34. The van der Waals surface area contributed by atoms with Crippen LogP contribution in [0.2, 0.25) is 0 Å². The van der Waals surface area contributed by atoms with Gasteiger partial charge in [-0.15, -0.1) is 0 Å². The Morgan fingerprint density at radius 2 is 2.26 bits per heavy atom. The van der Waals surface area contributed by atoms with Gasteiger partial charge in [-0.25, -0.2) is 4.98 Å². The van der Waals surface area contributed by atoms with Gasteiger partial charge in [-0.1, -0.05) is 20.4 Å². The highest BCUT2D eigenvalue weighted by Gasteiger charge is 2.37. The molecule has 102 valence electrons. The largest absolute Gasteiger partial charge is 0.340 e. The molecule has 0 saturated carbocycles. The highest BCUT2D eigenvalue weighted by atomic mass is 79.9. The molecule has 1 aliphatic rings. The summed E-state index contributed by atoms with van der Waals surface area (Å²) < 4.78 is 0.913. The number of aromatic nitrogens is 1. The van der Waals surface area contributed by atoms with E-state index in [0.29, 0.717) is 0 Å². The number of carbonyl (C=O) groups excluding carboxylic acids is 1. The molecule has 0 aliphatic carbocycles. The maximum atomic E-state index is 12.1. The summed E-state index contributed by atoms with van der Waals surface area (Å²) in [5.74, 6) is 0.843. The van der Waals surface area contributed by atoms with Crippen molar-refractivity contribution < 1.29 is 4.79 Å². The average molecular weight is 324 g/mol. The van der Waals surface area contributed by atoms with Crippen molar-refractivity contribution in [2.75, 3.05) is 24.5 Å². The molecule has 1 fully saturated rings. The number of amides is 1. The zero-order valence-corrected chi connectivity index (χ0v) is 12.9. The first-order valence-electron chi connectivity index (χ1n) is 6.20. The highest BCUT2D eigenvalue weighted by molar-refractivity contribution is 9.10. The Labute approximate surface area is 122 Å². The van der Waals surface area contributed by atoms with Crippen molar-refractivity contribution in [2.45, 2.75) is 13.8 Å². The topological polar surface area (TPSA) is 36.4 Å². The van der Waals surface area contributed by atoms with E-state index in [9.17, 15) is 4.79 Å². The van der Waals surface area contributed by atoms with E-state index in [1.54, 1.807) is 17.3 Å². The number of nitrogens with zero attached hydrogens (tertiary/aromatic N) is 3. The van der Waals surface area contributed by atoms with E-state index in [1.807, 2.05) is 17.0 Å². The van der Waals surface area contributed by atoms with Gasteiger partial charge in [0.1, 0.15) is 12.4 Å². The Hall–Kier alpha value is -1.36. The summed E-state index contributed by atoms with van der Waals surface area (Å²) in [7, 11) is 0. The molecule has 5 heteroatoms. The molecule has 2 heterocycles. The van der Waals surface area contributed by atoms with Crippen LogP contribution in [0.15, 0.2) is 35.6 Å². The highest BCUT2D eigenvalue weighted by Crippen LogP contribution is 2.28. The zero-order chi connectivity index (χ0) is 14.0. The lowest BCUT2D eigenvalue weighted by Crippen LogP contribution is -2.57. The number of rotatable bonds is 4. The van der Waals surface area contributed by atoms with Crippen LogP contribution in [0.3, 0.4) is 0 Å². The minimum absolute atomic E-state index is 0.115. The van der Waals surface area contributed by atoms with Crippen LogP contribution in [-0.4, -0.2) is 35.4 Å². The normalized spacial score (nSPS) is 16.7. The van der Waals surface area contributed by atoms with Gasteiger partial charge in [0.25, 0.3) is 0 Å². The van der Waals surface area contributed by atoms with E-state index in [1.165, 1.54) is 0 Å². The van der Waals surface area contributed by atoms with Gasteiger partial charge < -0.3 is 9.80 Å². The maximum Gasteiger partial charge on any atom is 0.242 e. The number of halogens is 1. The van der Waals surface area contributed by atoms with Crippen LogP contribution >= 0.6 is 15.9 Å². The summed E-state index contributed by atoms with van der Waals surface area (Å²) in [4.78, 5) is 20.0. The minimum Gasteiger partial charge on any atom is -0.340 e. The lowest BCUT2D eigenvalue weighted by atomic mass is 9.84. The van der Waals surface area contributed by atoms with E-state index in [0.717, 1.165) is 23.4 Å². The quantitative estimate of drug-likeness (QED) is 0.854. The van der Waals surface area contributed by atoms with Crippen molar-refractivity contribution >= 4 is 27.7 Å². The fraction of sp³-hybridized carbons (Fsp3) is 0.429. The van der Waals surface area contributed by atoms with Gasteiger partial charge in [-0.2, -0.15) is 0 Å². The van der Waals surface area contributed by atoms with Crippen molar-refractivity contribution in [2.24, 2.45) is 5.41 Å². The lowest BCUT2D eigenvalue weighted by Gasteiger charge is -2.46. The first-order chi connectivity index (χ1) is 8.91. The number of carbonyl (C=O) groups is 1. The van der Waals surface area contributed by atoms with E-state index in [4.69, 9.17) is 0 Å². The first-order valence-corrected chi connectivity index (χ1v) is 6.99. The SMILES string of the molecule is C=CN(CC(=O)N1CC(C)(C)C1)c1ccc(Br)cn1. The molecule has 1 saturated heterocycles. The smallest absolute Gasteiger partial charge is 0.242 e. The lowest BCUT2D eigenvalue weighted by molar-refractivity contribution is -0.139. The molecule has 0 spiro atoms. The standard InChI is InChI=1S/C14H18BrN3O/c1-4-17(12-6-5-11(15)7-16-12)8-13(19)18-9-14(2,3)10-18/h4-7H,1,8-10H2,2-3H3. The van der Waals surface area contributed by atoms with Gasteiger partial charge in [0, 0.05) is 23.8 Å². The summed E-state index contributed by atoms with van der Waals surface area (Å²) in [5, 5.41) is 0. The molecule has 1 aromatic heterocycles. The molecule has 0 radical (unpaired) electrons. The molecule has 0 N–H and O–H groups in total. The molecule has 4 nitrogen and oxygen atoms in total. The molecule has 19 heavy (non-hydrogen) atoms. The third-order valence-electron chi connectivity index (χ3n) is 3.12. The fourth-order valence-corrected chi connectivity index (χ4v) is 2.42. The maximum absolute atomic E-state index is 12.1. The third kappa shape index (κ3) is 3.35. The summed E-state index contributed by atoms with van der Waals surface area (Å²) in [6.07, 6.45) is 3.35. The van der Waals surface area contributed by atoms with Crippen molar-refractivity contribution in [1.29, 1.82) is 0 Å². The predicted octanol–water partition coefficient (Wildman–Crippen LogP) is 2.66. The first kappa shape index (κ1) is 14.1. The van der Waals surface area contributed by atoms with Crippen LogP contribution in [0.25, 0.3) is 0 Å². The molecule has 1 amide bonds. The Balaban J connectivity index is 1.98. The van der Waals surface area contributed by atoms with Crippen LogP contribution in [0.1, 0.15) is 13.8 Å². The van der Waals surface area contributed by atoms with E-state index in [-0.39, 0.29) is 17.9 Å². The molecular weight excluding hydrogens is 306 g/mol. The van der Waals surface area contributed by atoms with Gasteiger partial charge in [0.15, 0.2) is 0 Å². The zero-order valence-electron chi connectivity index (χ0n) is 11.3. The number of hydrogen-bond acceptors (Lipinski definition) is 3. The van der Waals surface area contributed by atoms with Crippen molar-refractivity contribution in [3.8, 4) is 0 Å². The summed E-state index contributed by atoms with van der Waals surface area (Å²) in [6.45, 7) is 10.0. The molecule has 0 aromatic carbocycles. The molecule has 0 atom stereocenters. The molecule has 1 aromatic rings. The molecule has 2 rings (SSSR count).